The van der Waals surface area contributed by atoms with E-state index in [1.165, 1.54) is 11.1 Å². The van der Waals surface area contributed by atoms with Gasteiger partial charge in [0, 0.05) is 24.9 Å². The van der Waals surface area contributed by atoms with Crippen molar-refractivity contribution in [2.75, 3.05) is 0 Å². The monoisotopic (exact) mass is 335 g/mol. The maximum atomic E-state index is 12.0. The Bertz CT molecular complexity index is 853. The van der Waals surface area contributed by atoms with Crippen LogP contribution in [0, 0.1) is 13.8 Å². The number of carbonyl (C=O) groups excluding carboxylic acids is 1. The molecule has 1 aromatic heterocycles. The lowest BCUT2D eigenvalue weighted by Crippen LogP contribution is -2.23. The lowest BCUT2D eigenvalue weighted by molar-refractivity contribution is -0.121. The Morgan fingerprint density at radius 3 is 2.56 bits per heavy atom. The minimum Gasteiger partial charge on any atom is -0.421 e. The number of aromatic nitrogens is 2. The van der Waals surface area contributed by atoms with Gasteiger partial charge in [-0.2, -0.15) is 0 Å². The van der Waals surface area contributed by atoms with Crippen molar-refractivity contribution in [3.05, 3.63) is 71.1 Å². The van der Waals surface area contributed by atoms with Gasteiger partial charge in [-0.15, -0.1) is 10.2 Å². The number of carbonyl (C=O) groups is 1. The summed E-state index contributed by atoms with van der Waals surface area (Å²) < 4.78 is 5.64. The van der Waals surface area contributed by atoms with Gasteiger partial charge in [-0.25, -0.2) is 0 Å². The molecule has 0 saturated carbocycles. The van der Waals surface area contributed by atoms with Crippen LogP contribution in [0.1, 0.15) is 29.0 Å². The van der Waals surface area contributed by atoms with E-state index in [4.69, 9.17) is 4.42 Å². The van der Waals surface area contributed by atoms with Crippen LogP contribution in [0.3, 0.4) is 0 Å². The van der Waals surface area contributed by atoms with Crippen molar-refractivity contribution in [2.24, 2.45) is 0 Å². The second kappa shape index (κ2) is 7.75. The molecule has 0 aliphatic carbocycles. The molecule has 0 aliphatic heterocycles. The number of hydrogen-bond donors (Lipinski definition) is 1. The van der Waals surface area contributed by atoms with Gasteiger partial charge in [-0.05, 0) is 37.1 Å². The van der Waals surface area contributed by atoms with Gasteiger partial charge in [0.2, 0.25) is 17.7 Å². The van der Waals surface area contributed by atoms with Crippen LogP contribution in [0.2, 0.25) is 0 Å². The first-order valence-electron chi connectivity index (χ1n) is 8.32. The molecule has 1 heterocycles. The molecule has 0 radical (unpaired) electrons. The zero-order valence-corrected chi connectivity index (χ0v) is 14.5. The molecule has 128 valence electrons. The number of amides is 1. The Morgan fingerprint density at radius 2 is 1.80 bits per heavy atom. The van der Waals surface area contributed by atoms with Gasteiger partial charge in [0.25, 0.3) is 0 Å². The summed E-state index contributed by atoms with van der Waals surface area (Å²) in [5, 5.41) is 11.0. The quantitative estimate of drug-likeness (QED) is 0.747. The fourth-order valence-corrected chi connectivity index (χ4v) is 2.48. The minimum absolute atomic E-state index is 0.0293. The molecule has 0 fully saturated rings. The van der Waals surface area contributed by atoms with Crippen LogP contribution < -0.4 is 5.32 Å². The highest BCUT2D eigenvalue weighted by Gasteiger charge is 2.10. The van der Waals surface area contributed by atoms with E-state index in [0.29, 0.717) is 31.2 Å². The average molecular weight is 335 g/mol. The Hall–Kier alpha value is -2.95. The SMILES string of the molecule is Cc1ccc(-c2nnc(CCC(=O)NCc3ccccc3C)o2)cc1. The van der Waals surface area contributed by atoms with Crippen LogP contribution in [-0.2, 0) is 17.8 Å². The first kappa shape index (κ1) is 16.9. The maximum Gasteiger partial charge on any atom is 0.247 e. The van der Waals surface area contributed by atoms with Gasteiger partial charge in [0.1, 0.15) is 0 Å². The first-order valence-corrected chi connectivity index (χ1v) is 8.32. The lowest BCUT2D eigenvalue weighted by atomic mass is 10.1. The van der Waals surface area contributed by atoms with Gasteiger partial charge in [0.15, 0.2) is 0 Å². The standard InChI is InChI=1S/C20H21N3O2/c1-14-7-9-16(10-8-14)20-23-22-19(25-20)12-11-18(24)21-13-17-6-4-3-5-15(17)2/h3-10H,11-13H2,1-2H3,(H,21,24). The van der Waals surface area contributed by atoms with Crippen molar-refractivity contribution < 1.29 is 9.21 Å². The van der Waals surface area contributed by atoms with Crippen LogP contribution in [0.5, 0.6) is 0 Å². The van der Waals surface area contributed by atoms with Crippen molar-refractivity contribution in [3.63, 3.8) is 0 Å². The van der Waals surface area contributed by atoms with Crippen LogP contribution in [0.25, 0.3) is 11.5 Å². The predicted octanol–water partition coefficient (Wildman–Crippen LogP) is 3.60. The molecule has 0 atom stereocenters. The summed E-state index contributed by atoms with van der Waals surface area (Å²) >= 11 is 0. The summed E-state index contributed by atoms with van der Waals surface area (Å²) in [6.07, 6.45) is 0.750. The number of rotatable bonds is 6. The number of nitrogens with zero attached hydrogens (tertiary/aromatic N) is 2. The lowest BCUT2D eigenvalue weighted by Gasteiger charge is -2.07. The normalized spacial score (nSPS) is 10.6. The van der Waals surface area contributed by atoms with Crippen LogP contribution in [0.4, 0.5) is 0 Å². The van der Waals surface area contributed by atoms with Gasteiger partial charge < -0.3 is 9.73 Å². The molecular formula is C20H21N3O2. The summed E-state index contributed by atoms with van der Waals surface area (Å²) in [6.45, 7) is 4.59. The molecule has 0 aliphatic rings. The molecule has 3 rings (SSSR count). The predicted molar refractivity (Wildman–Crippen MR) is 95.8 cm³/mol. The van der Waals surface area contributed by atoms with Crippen molar-refractivity contribution >= 4 is 5.91 Å². The van der Waals surface area contributed by atoms with Crippen LogP contribution in [0.15, 0.2) is 52.9 Å². The molecule has 0 unspecified atom stereocenters. The molecule has 5 heteroatoms. The van der Waals surface area contributed by atoms with Gasteiger partial charge in [-0.3, -0.25) is 4.79 Å². The summed E-state index contributed by atoms with van der Waals surface area (Å²) in [6, 6.07) is 15.9. The number of hydrogen-bond acceptors (Lipinski definition) is 4. The Morgan fingerprint density at radius 1 is 1.04 bits per heavy atom. The molecule has 25 heavy (non-hydrogen) atoms. The van der Waals surface area contributed by atoms with Gasteiger partial charge in [-0.1, -0.05) is 42.0 Å². The first-order chi connectivity index (χ1) is 12.1. The van der Waals surface area contributed by atoms with E-state index < -0.39 is 0 Å². The van der Waals surface area contributed by atoms with E-state index in [2.05, 4.69) is 15.5 Å². The highest BCUT2D eigenvalue weighted by molar-refractivity contribution is 5.76. The zero-order valence-electron chi connectivity index (χ0n) is 14.5. The molecule has 1 N–H and O–H groups in total. The van der Waals surface area contributed by atoms with E-state index in [0.717, 1.165) is 11.1 Å². The molecule has 0 spiro atoms. The third-order valence-electron chi connectivity index (χ3n) is 4.07. The van der Waals surface area contributed by atoms with E-state index in [9.17, 15) is 4.79 Å². The Kier molecular flexibility index (Phi) is 5.23. The third kappa shape index (κ3) is 4.53. The topological polar surface area (TPSA) is 68.0 Å². The highest BCUT2D eigenvalue weighted by Crippen LogP contribution is 2.18. The molecule has 0 saturated heterocycles. The van der Waals surface area contributed by atoms with Crippen molar-refractivity contribution in [3.8, 4) is 11.5 Å². The zero-order chi connectivity index (χ0) is 17.6. The minimum atomic E-state index is -0.0293. The maximum absolute atomic E-state index is 12.0. The van der Waals surface area contributed by atoms with Crippen LogP contribution in [-0.4, -0.2) is 16.1 Å². The molecule has 5 nitrogen and oxygen atoms in total. The Balaban J connectivity index is 1.51. The molecule has 0 bridgehead atoms. The second-order valence-electron chi connectivity index (χ2n) is 6.07. The van der Waals surface area contributed by atoms with E-state index in [1.54, 1.807) is 0 Å². The summed E-state index contributed by atoms with van der Waals surface area (Å²) in [7, 11) is 0. The van der Waals surface area contributed by atoms with Crippen molar-refractivity contribution in [1.82, 2.24) is 15.5 Å². The van der Waals surface area contributed by atoms with Crippen molar-refractivity contribution in [1.29, 1.82) is 0 Å². The summed E-state index contributed by atoms with van der Waals surface area (Å²) in [5.74, 6) is 0.926. The van der Waals surface area contributed by atoms with Crippen LogP contribution >= 0.6 is 0 Å². The molecule has 1 amide bonds. The fourth-order valence-electron chi connectivity index (χ4n) is 2.48. The largest absolute Gasteiger partial charge is 0.421 e. The second-order valence-corrected chi connectivity index (χ2v) is 6.07. The van der Waals surface area contributed by atoms with E-state index >= 15 is 0 Å². The summed E-state index contributed by atoms with van der Waals surface area (Å²) in [4.78, 5) is 12.0. The van der Waals surface area contributed by atoms with E-state index in [-0.39, 0.29) is 5.91 Å². The van der Waals surface area contributed by atoms with Gasteiger partial charge >= 0.3 is 0 Å². The summed E-state index contributed by atoms with van der Waals surface area (Å²) in [5.41, 5.74) is 4.35. The smallest absolute Gasteiger partial charge is 0.247 e. The third-order valence-corrected chi connectivity index (χ3v) is 4.07. The number of benzene rings is 2. The molecular weight excluding hydrogens is 314 g/mol. The number of aryl methyl sites for hydroxylation is 3. The molecule has 3 aromatic rings. The Labute approximate surface area is 147 Å². The average Bonchev–Trinajstić information content (AvgIpc) is 3.09. The highest BCUT2D eigenvalue weighted by atomic mass is 16.4. The van der Waals surface area contributed by atoms with Gasteiger partial charge in [0.05, 0.1) is 0 Å². The number of nitrogens with one attached hydrogen (secondary N) is 1. The fraction of sp³-hybridized carbons (Fsp3) is 0.250. The van der Waals surface area contributed by atoms with Crippen molar-refractivity contribution in [2.45, 2.75) is 33.2 Å². The molecule has 2 aromatic carbocycles. The van der Waals surface area contributed by atoms with E-state index in [1.807, 2.05) is 62.4 Å².